The minimum absolute atomic E-state index is 0.433. The molecule has 4 N–H and O–H groups in total. The summed E-state index contributed by atoms with van der Waals surface area (Å²) in [7, 11) is 0. The van der Waals surface area contributed by atoms with Crippen LogP contribution in [0, 0.1) is 6.92 Å². The number of hydrogen-bond acceptors (Lipinski definition) is 6. The highest BCUT2D eigenvalue weighted by Gasteiger charge is 2.18. The molecule has 0 aliphatic rings. The first-order valence-corrected chi connectivity index (χ1v) is 8.53. The lowest BCUT2D eigenvalue weighted by atomic mass is 10.1. The van der Waals surface area contributed by atoms with Crippen LogP contribution in [0.1, 0.15) is 5.56 Å². The van der Waals surface area contributed by atoms with Gasteiger partial charge in [-0.3, -0.25) is 0 Å². The SMILES string of the molecule is Cc1ccccc1Nc1nc(NN)c(-c2ccccc2)c(-n2cccn2)n1. The zero-order chi connectivity index (χ0) is 18.6. The lowest BCUT2D eigenvalue weighted by molar-refractivity contribution is 0.844. The second-order valence-corrected chi connectivity index (χ2v) is 6.00. The van der Waals surface area contributed by atoms with Crippen molar-refractivity contribution in [2.45, 2.75) is 6.92 Å². The number of nitrogens with one attached hydrogen (secondary N) is 2. The van der Waals surface area contributed by atoms with Crippen molar-refractivity contribution in [1.82, 2.24) is 19.7 Å². The van der Waals surface area contributed by atoms with Gasteiger partial charge in [0.05, 0.1) is 5.56 Å². The lowest BCUT2D eigenvalue weighted by Crippen LogP contribution is -2.15. The van der Waals surface area contributed by atoms with Crippen LogP contribution < -0.4 is 16.6 Å². The topological polar surface area (TPSA) is 93.7 Å². The fraction of sp³-hybridized carbons (Fsp3) is 0.0500. The first kappa shape index (κ1) is 16.7. The quantitative estimate of drug-likeness (QED) is 0.373. The summed E-state index contributed by atoms with van der Waals surface area (Å²) in [5.41, 5.74) is 6.45. The van der Waals surface area contributed by atoms with E-state index in [1.807, 2.05) is 73.8 Å². The molecule has 27 heavy (non-hydrogen) atoms. The van der Waals surface area contributed by atoms with Crippen molar-refractivity contribution in [2.24, 2.45) is 5.84 Å². The third-order valence-electron chi connectivity index (χ3n) is 4.20. The molecule has 0 fully saturated rings. The Balaban J connectivity index is 1.89. The predicted molar refractivity (Wildman–Crippen MR) is 107 cm³/mol. The van der Waals surface area contributed by atoms with Crippen molar-refractivity contribution in [3.8, 4) is 16.9 Å². The maximum Gasteiger partial charge on any atom is 0.231 e. The van der Waals surface area contributed by atoms with Gasteiger partial charge in [-0.05, 0) is 30.2 Å². The van der Waals surface area contributed by atoms with E-state index in [1.165, 1.54) is 0 Å². The van der Waals surface area contributed by atoms with Crippen LogP contribution >= 0.6 is 0 Å². The summed E-state index contributed by atoms with van der Waals surface area (Å²) in [4.78, 5) is 9.29. The van der Waals surface area contributed by atoms with Crippen LogP contribution in [0.3, 0.4) is 0 Å². The average Bonchev–Trinajstić information content (AvgIpc) is 3.24. The van der Waals surface area contributed by atoms with Gasteiger partial charge in [0.2, 0.25) is 5.95 Å². The van der Waals surface area contributed by atoms with Crippen LogP contribution in [0.5, 0.6) is 0 Å². The monoisotopic (exact) mass is 357 g/mol. The summed E-state index contributed by atoms with van der Waals surface area (Å²) in [6, 6.07) is 19.7. The Hall–Kier alpha value is -3.71. The Morgan fingerprint density at radius 2 is 1.70 bits per heavy atom. The normalized spacial score (nSPS) is 10.6. The summed E-state index contributed by atoms with van der Waals surface area (Å²) < 4.78 is 1.70. The van der Waals surface area contributed by atoms with Gasteiger partial charge in [-0.25, -0.2) is 10.5 Å². The number of nitrogens with zero attached hydrogens (tertiary/aromatic N) is 4. The molecule has 0 aliphatic carbocycles. The smallest absolute Gasteiger partial charge is 0.231 e. The summed E-state index contributed by atoms with van der Waals surface area (Å²) >= 11 is 0. The molecule has 0 aliphatic heterocycles. The molecule has 2 heterocycles. The Bertz CT molecular complexity index is 1040. The van der Waals surface area contributed by atoms with Gasteiger partial charge in [-0.15, -0.1) is 0 Å². The largest absolute Gasteiger partial charge is 0.324 e. The minimum atomic E-state index is 0.433. The van der Waals surface area contributed by atoms with Crippen molar-refractivity contribution in [2.75, 3.05) is 10.7 Å². The maximum atomic E-state index is 5.80. The van der Waals surface area contributed by atoms with E-state index in [9.17, 15) is 0 Å². The highest BCUT2D eigenvalue weighted by atomic mass is 15.3. The van der Waals surface area contributed by atoms with Gasteiger partial charge in [0, 0.05) is 18.1 Å². The van der Waals surface area contributed by atoms with Crippen LogP contribution in [-0.2, 0) is 0 Å². The molecule has 0 saturated carbocycles. The highest BCUT2D eigenvalue weighted by molar-refractivity contribution is 5.82. The molecule has 4 aromatic rings. The second-order valence-electron chi connectivity index (χ2n) is 6.00. The zero-order valence-electron chi connectivity index (χ0n) is 14.8. The fourth-order valence-corrected chi connectivity index (χ4v) is 2.87. The molecule has 7 heteroatoms. The van der Waals surface area contributed by atoms with Gasteiger partial charge in [0.15, 0.2) is 11.6 Å². The van der Waals surface area contributed by atoms with Crippen molar-refractivity contribution >= 4 is 17.5 Å². The molecule has 2 aromatic carbocycles. The third-order valence-corrected chi connectivity index (χ3v) is 4.20. The molecule has 7 nitrogen and oxygen atoms in total. The number of aromatic nitrogens is 4. The van der Waals surface area contributed by atoms with E-state index < -0.39 is 0 Å². The number of aryl methyl sites for hydroxylation is 1. The van der Waals surface area contributed by atoms with E-state index in [-0.39, 0.29) is 0 Å². The summed E-state index contributed by atoms with van der Waals surface area (Å²) in [5.74, 6) is 7.38. The minimum Gasteiger partial charge on any atom is -0.324 e. The molecular weight excluding hydrogens is 338 g/mol. The third kappa shape index (κ3) is 3.36. The van der Waals surface area contributed by atoms with E-state index in [1.54, 1.807) is 10.9 Å². The van der Waals surface area contributed by atoms with Gasteiger partial charge < -0.3 is 10.7 Å². The van der Waals surface area contributed by atoms with Gasteiger partial charge in [0.1, 0.15) is 0 Å². The molecular formula is C20H19N7. The van der Waals surface area contributed by atoms with Crippen molar-refractivity contribution in [3.05, 3.63) is 78.6 Å². The summed E-state index contributed by atoms with van der Waals surface area (Å²) in [6.45, 7) is 2.02. The standard InChI is InChI=1S/C20H19N7/c1-14-8-5-6-11-16(14)23-20-24-18(26-21)17(15-9-3-2-4-10-15)19(25-20)27-13-7-12-22-27/h2-13H,21H2,1H3,(H2,23,24,25,26). The molecule has 0 atom stereocenters. The van der Waals surface area contributed by atoms with Crippen molar-refractivity contribution in [1.29, 1.82) is 0 Å². The molecule has 0 saturated heterocycles. The van der Waals surface area contributed by atoms with E-state index in [0.29, 0.717) is 17.6 Å². The molecule has 134 valence electrons. The lowest BCUT2D eigenvalue weighted by Gasteiger charge is -2.16. The van der Waals surface area contributed by atoms with Gasteiger partial charge in [-0.2, -0.15) is 15.1 Å². The molecule has 0 radical (unpaired) electrons. The molecule has 0 spiro atoms. The van der Waals surface area contributed by atoms with E-state index in [4.69, 9.17) is 10.8 Å². The summed E-state index contributed by atoms with van der Waals surface area (Å²) in [5, 5.41) is 7.61. The van der Waals surface area contributed by atoms with Crippen molar-refractivity contribution < 1.29 is 0 Å². The first-order valence-electron chi connectivity index (χ1n) is 8.53. The first-order chi connectivity index (χ1) is 13.3. The molecule has 0 amide bonds. The number of para-hydroxylation sites is 1. The predicted octanol–water partition coefficient (Wildman–Crippen LogP) is 3.67. The number of nitrogens with two attached hydrogens (primary N) is 1. The maximum absolute atomic E-state index is 5.80. The van der Waals surface area contributed by atoms with Crippen LogP contribution in [-0.4, -0.2) is 19.7 Å². The van der Waals surface area contributed by atoms with Crippen LogP contribution in [0.15, 0.2) is 73.1 Å². The van der Waals surface area contributed by atoms with Crippen LogP contribution in [0.2, 0.25) is 0 Å². The number of anilines is 3. The van der Waals surface area contributed by atoms with Crippen molar-refractivity contribution in [3.63, 3.8) is 0 Å². The highest BCUT2D eigenvalue weighted by Crippen LogP contribution is 2.32. The Morgan fingerprint density at radius 3 is 2.41 bits per heavy atom. The van der Waals surface area contributed by atoms with Gasteiger partial charge >= 0.3 is 0 Å². The Kier molecular flexibility index (Phi) is 4.51. The number of hydrogen-bond donors (Lipinski definition) is 3. The van der Waals surface area contributed by atoms with E-state index in [2.05, 4.69) is 20.8 Å². The van der Waals surface area contributed by atoms with Gasteiger partial charge in [0.25, 0.3) is 0 Å². The molecule has 2 aromatic heterocycles. The Labute approximate surface area is 156 Å². The number of rotatable bonds is 5. The fourth-order valence-electron chi connectivity index (χ4n) is 2.87. The Morgan fingerprint density at radius 1 is 0.926 bits per heavy atom. The average molecular weight is 357 g/mol. The number of hydrazine groups is 1. The zero-order valence-corrected chi connectivity index (χ0v) is 14.8. The van der Waals surface area contributed by atoms with Gasteiger partial charge in [-0.1, -0.05) is 48.5 Å². The molecule has 4 rings (SSSR count). The second kappa shape index (κ2) is 7.27. The number of nitrogen functional groups attached to an aromatic ring is 1. The van der Waals surface area contributed by atoms with E-state index in [0.717, 1.165) is 22.4 Å². The van der Waals surface area contributed by atoms with Crippen LogP contribution in [0.4, 0.5) is 17.5 Å². The number of benzene rings is 2. The molecule has 0 bridgehead atoms. The molecule has 0 unspecified atom stereocenters. The van der Waals surface area contributed by atoms with Crippen LogP contribution in [0.25, 0.3) is 16.9 Å². The summed E-state index contributed by atoms with van der Waals surface area (Å²) in [6.07, 6.45) is 3.55. The van der Waals surface area contributed by atoms with E-state index >= 15 is 0 Å².